The van der Waals surface area contributed by atoms with Crippen LogP contribution in [0.25, 0.3) is 10.2 Å². The van der Waals surface area contributed by atoms with E-state index in [4.69, 9.17) is 5.73 Å². The van der Waals surface area contributed by atoms with Gasteiger partial charge in [-0.2, -0.15) is 0 Å². The van der Waals surface area contributed by atoms with Crippen LogP contribution in [0.3, 0.4) is 0 Å². The van der Waals surface area contributed by atoms with Gasteiger partial charge in [0.15, 0.2) is 0 Å². The maximum Gasteiger partial charge on any atom is 0.115 e. The Morgan fingerprint density at radius 2 is 2.16 bits per heavy atom. The summed E-state index contributed by atoms with van der Waals surface area (Å²) in [6.45, 7) is 4.15. The van der Waals surface area contributed by atoms with Crippen molar-refractivity contribution in [3.8, 4) is 0 Å². The monoisotopic (exact) mass is 290 g/mol. The molecule has 2 heterocycles. The topological polar surface area (TPSA) is 63.8 Å². The first kappa shape index (κ1) is 12.4. The lowest BCUT2D eigenvalue weighted by atomic mass is 10.2. The third-order valence-corrected chi connectivity index (χ3v) is 4.81. The summed E-state index contributed by atoms with van der Waals surface area (Å²) in [5.41, 5.74) is 10.5. The Kier molecular flexibility index (Phi) is 3.12. The molecular weight excluding hydrogens is 276 g/mol. The van der Waals surface area contributed by atoms with E-state index in [0.717, 1.165) is 20.9 Å². The molecule has 1 unspecified atom stereocenters. The van der Waals surface area contributed by atoms with Crippen LogP contribution in [0.15, 0.2) is 23.8 Å². The molecule has 98 valence electrons. The summed E-state index contributed by atoms with van der Waals surface area (Å²) >= 11 is 3.30. The molecule has 3 aromatic rings. The number of nitrogens with one attached hydrogen (secondary N) is 1. The molecule has 1 aromatic carbocycles. The SMILES string of the molecule is Cc1cnc(C(C)Nc2ccc3scnc3c2N)s1. The molecule has 2 aromatic heterocycles. The number of thiazole rings is 2. The number of nitrogens with two attached hydrogens (primary N) is 1. The molecule has 1 atom stereocenters. The van der Waals surface area contributed by atoms with Crippen molar-refractivity contribution in [3.63, 3.8) is 0 Å². The van der Waals surface area contributed by atoms with Crippen molar-refractivity contribution < 1.29 is 0 Å². The van der Waals surface area contributed by atoms with Gasteiger partial charge in [-0.25, -0.2) is 9.97 Å². The van der Waals surface area contributed by atoms with Gasteiger partial charge >= 0.3 is 0 Å². The fraction of sp³-hybridized carbons (Fsp3) is 0.231. The first-order valence-corrected chi connectivity index (χ1v) is 7.65. The summed E-state index contributed by atoms with van der Waals surface area (Å²) in [6, 6.07) is 4.19. The summed E-state index contributed by atoms with van der Waals surface area (Å²) in [5, 5.41) is 4.47. The van der Waals surface area contributed by atoms with E-state index in [-0.39, 0.29) is 6.04 Å². The van der Waals surface area contributed by atoms with Gasteiger partial charge in [-0.1, -0.05) is 0 Å². The van der Waals surface area contributed by atoms with Crippen molar-refractivity contribution in [3.05, 3.63) is 33.7 Å². The van der Waals surface area contributed by atoms with Crippen molar-refractivity contribution in [2.45, 2.75) is 19.9 Å². The number of rotatable bonds is 3. The van der Waals surface area contributed by atoms with Crippen molar-refractivity contribution in [2.75, 3.05) is 11.1 Å². The molecule has 0 radical (unpaired) electrons. The average molecular weight is 290 g/mol. The minimum absolute atomic E-state index is 0.136. The molecule has 6 heteroatoms. The molecule has 0 saturated carbocycles. The van der Waals surface area contributed by atoms with Crippen LogP contribution in [0, 0.1) is 6.92 Å². The summed E-state index contributed by atoms with van der Waals surface area (Å²) in [7, 11) is 0. The van der Waals surface area contributed by atoms with Crippen molar-refractivity contribution >= 4 is 44.3 Å². The zero-order chi connectivity index (χ0) is 13.4. The highest BCUT2D eigenvalue weighted by Crippen LogP contribution is 2.32. The predicted octanol–water partition coefficient (Wildman–Crippen LogP) is 3.82. The van der Waals surface area contributed by atoms with Crippen molar-refractivity contribution in [1.82, 2.24) is 9.97 Å². The number of hydrogen-bond donors (Lipinski definition) is 2. The van der Waals surface area contributed by atoms with E-state index in [1.807, 2.05) is 23.8 Å². The largest absolute Gasteiger partial charge is 0.395 e. The molecule has 0 aliphatic carbocycles. The minimum Gasteiger partial charge on any atom is -0.395 e. The maximum absolute atomic E-state index is 6.16. The number of hydrogen-bond acceptors (Lipinski definition) is 6. The van der Waals surface area contributed by atoms with E-state index in [1.54, 1.807) is 22.7 Å². The van der Waals surface area contributed by atoms with E-state index in [0.29, 0.717) is 5.69 Å². The van der Waals surface area contributed by atoms with Crippen LogP contribution < -0.4 is 11.1 Å². The molecule has 0 saturated heterocycles. The third-order valence-electron chi connectivity index (χ3n) is 2.92. The standard InChI is InChI=1S/C13H14N4S2/c1-7-5-15-13(19-7)8(2)17-9-3-4-10-12(11(9)14)16-6-18-10/h3-6,8,17H,14H2,1-2H3. The van der Waals surface area contributed by atoms with Crippen LogP contribution in [0.2, 0.25) is 0 Å². The number of fused-ring (bicyclic) bond motifs is 1. The van der Waals surface area contributed by atoms with Crippen LogP contribution in [-0.4, -0.2) is 9.97 Å². The molecular formula is C13H14N4S2. The molecule has 0 spiro atoms. The normalized spacial score (nSPS) is 12.7. The lowest BCUT2D eigenvalue weighted by Crippen LogP contribution is -2.08. The Morgan fingerprint density at radius 1 is 1.32 bits per heavy atom. The zero-order valence-electron chi connectivity index (χ0n) is 10.7. The van der Waals surface area contributed by atoms with E-state index in [2.05, 4.69) is 29.1 Å². The third kappa shape index (κ3) is 2.29. The number of aromatic nitrogens is 2. The fourth-order valence-corrected chi connectivity index (χ4v) is 3.41. The number of nitrogen functional groups attached to an aromatic ring is 1. The smallest absolute Gasteiger partial charge is 0.115 e. The van der Waals surface area contributed by atoms with Crippen LogP contribution in [0.5, 0.6) is 0 Å². The Bertz CT molecular complexity index is 716. The summed E-state index contributed by atoms with van der Waals surface area (Å²) < 4.78 is 1.11. The first-order valence-electron chi connectivity index (χ1n) is 5.95. The molecule has 4 nitrogen and oxygen atoms in total. The highest BCUT2D eigenvalue weighted by atomic mass is 32.1. The number of aryl methyl sites for hydroxylation is 1. The van der Waals surface area contributed by atoms with E-state index >= 15 is 0 Å². The van der Waals surface area contributed by atoms with Crippen LogP contribution in [0.4, 0.5) is 11.4 Å². The maximum atomic E-state index is 6.16. The van der Waals surface area contributed by atoms with E-state index in [1.165, 1.54) is 4.88 Å². The summed E-state index contributed by atoms with van der Waals surface area (Å²) in [6.07, 6.45) is 1.89. The number of benzene rings is 1. The summed E-state index contributed by atoms with van der Waals surface area (Å²) in [5.74, 6) is 0. The first-order chi connectivity index (χ1) is 9.15. The number of nitrogens with zero attached hydrogens (tertiary/aromatic N) is 2. The molecule has 0 aliphatic heterocycles. The van der Waals surface area contributed by atoms with Gasteiger partial charge in [-0.15, -0.1) is 22.7 Å². The molecule has 0 fully saturated rings. The molecule has 19 heavy (non-hydrogen) atoms. The highest BCUT2D eigenvalue weighted by Gasteiger charge is 2.12. The van der Waals surface area contributed by atoms with Gasteiger partial charge in [0.25, 0.3) is 0 Å². The molecule has 3 rings (SSSR count). The van der Waals surface area contributed by atoms with Crippen LogP contribution in [0.1, 0.15) is 22.9 Å². The molecule has 3 N–H and O–H groups in total. The van der Waals surface area contributed by atoms with Crippen LogP contribution >= 0.6 is 22.7 Å². The van der Waals surface area contributed by atoms with Crippen molar-refractivity contribution in [2.24, 2.45) is 0 Å². The minimum atomic E-state index is 0.136. The predicted molar refractivity (Wildman–Crippen MR) is 82.9 cm³/mol. The van der Waals surface area contributed by atoms with Gasteiger partial charge in [-0.3, -0.25) is 0 Å². The quantitative estimate of drug-likeness (QED) is 0.720. The summed E-state index contributed by atoms with van der Waals surface area (Å²) in [4.78, 5) is 9.91. The second kappa shape index (κ2) is 4.79. The Morgan fingerprint density at radius 3 is 2.89 bits per heavy atom. The fourth-order valence-electron chi connectivity index (χ4n) is 1.95. The van der Waals surface area contributed by atoms with Crippen LogP contribution in [-0.2, 0) is 0 Å². The molecule has 0 aliphatic rings. The van der Waals surface area contributed by atoms with Gasteiger partial charge in [-0.05, 0) is 26.0 Å². The van der Waals surface area contributed by atoms with Gasteiger partial charge < -0.3 is 11.1 Å². The van der Waals surface area contributed by atoms with Gasteiger partial charge in [0, 0.05) is 11.1 Å². The lowest BCUT2D eigenvalue weighted by Gasteiger charge is -2.14. The second-order valence-electron chi connectivity index (χ2n) is 4.40. The van der Waals surface area contributed by atoms with E-state index in [9.17, 15) is 0 Å². The van der Waals surface area contributed by atoms with Crippen molar-refractivity contribution in [1.29, 1.82) is 0 Å². The van der Waals surface area contributed by atoms with Gasteiger partial charge in [0.1, 0.15) is 10.5 Å². The second-order valence-corrected chi connectivity index (χ2v) is 6.55. The van der Waals surface area contributed by atoms with Gasteiger partial charge in [0.05, 0.1) is 27.6 Å². The highest BCUT2D eigenvalue weighted by molar-refractivity contribution is 7.16. The zero-order valence-corrected chi connectivity index (χ0v) is 12.3. The lowest BCUT2D eigenvalue weighted by molar-refractivity contribution is 0.870. The molecule has 0 amide bonds. The Balaban J connectivity index is 1.90. The Labute approximate surface area is 119 Å². The van der Waals surface area contributed by atoms with E-state index < -0.39 is 0 Å². The average Bonchev–Trinajstić information content (AvgIpc) is 3.01. The van der Waals surface area contributed by atoms with Gasteiger partial charge in [0.2, 0.25) is 0 Å². The number of anilines is 2. The molecule has 0 bridgehead atoms. The Hall–Kier alpha value is -1.66.